The molecule has 0 aliphatic carbocycles. The van der Waals surface area contributed by atoms with Crippen LogP contribution in [0.1, 0.15) is 5.69 Å². The number of hydrogen-bond acceptors (Lipinski definition) is 6. The smallest absolute Gasteiger partial charge is 0.263 e. The van der Waals surface area contributed by atoms with E-state index in [0.717, 1.165) is 5.69 Å². The first-order valence-corrected chi connectivity index (χ1v) is 9.15. The van der Waals surface area contributed by atoms with E-state index < -0.39 is 10.0 Å². The summed E-state index contributed by atoms with van der Waals surface area (Å²) in [4.78, 5) is 4.24. The normalized spacial score (nSPS) is 11.1. The molecule has 3 aromatic rings. The minimum atomic E-state index is -3.77. The predicted molar refractivity (Wildman–Crippen MR) is 95.9 cm³/mol. The first kappa shape index (κ1) is 17.1. The molecule has 128 valence electrons. The van der Waals surface area contributed by atoms with Crippen LogP contribution in [0.15, 0.2) is 65.7 Å². The van der Waals surface area contributed by atoms with Crippen LogP contribution < -0.4 is 10.0 Å². The molecule has 2 heterocycles. The number of nitrogens with one attached hydrogen (secondary N) is 2. The monoisotopic (exact) mass is 375 g/mol. The number of halogens is 1. The summed E-state index contributed by atoms with van der Waals surface area (Å²) in [5.74, 6) is 0.625. The lowest BCUT2D eigenvalue weighted by atomic mass is 10.3. The Bertz CT molecular complexity index is 950. The van der Waals surface area contributed by atoms with Gasteiger partial charge in [-0.25, -0.2) is 8.42 Å². The highest BCUT2D eigenvalue weighted by Crippen LogP contribution is 2.18. The van der Waals surface area contributed by atoms with Gasteiger partial charge in [0.15, 0.2) is 5.82 Å². The van der Waals surface area contributed by atoms with Gasteiger partial charge in [-0.1, -0.05) is 23.7 Å². The second-order valence-corrected chi connectivity index (χ2v) is 7.16. The zero-order chi connectivity index (χ0) is 17.7. The Hall–Kier alpha value is -2.71. The summed E-state index contributed by atoms with van der Waals surface area (Å²) in [6, 6.07) is 14.7. The Balaban J connectivity index is 1.66. The molecule has 0 unspecified atom stereocenters. The van der Waals surface area contributed by atoms with Gasteiger partial charge in [0.25, 0.3) is 10.0 Å². The van der Waals surface area contributed by atoms with Gasteiger partial charge in [-0.2, -0.15) is 0 Å². The molecule has 1 aromatic carbocycles. The van der Waals surface area contributed by atoms with Crippen molar-refractivity contribution >= 4 is 33.3 Å². The molecule has 0 amide bonds. The van der Waals surface area contributed by atoms with Gasteiger partial charge in [0, 0.05) is 11.2 Å². The van der Waals surface area contributed by atoms with E-state index >= 15 is 0 Å². The molecule has 0 aliphatic rings. The lowest BCUT2D eigenvalue weighted by Gasteiger charge is -2.08. The first-order chi connectivity index (χ1) is 12.0. The molecule has 0 fully saturated rings. The van der Waals surface area contributed by atoms with Crippen molar-refractivity contribution in [1.82, 2.24) is 15.2 Å². The highest BCUT2D eigenvalue weighted by atomic mass is 35.5. The molecule has 0 bridgehead atoms. The molecular weight excluding hydrogens is 362 g/mol. The molecule has 7 nitrogen and oxygen atoms in total. The van der Waals surface area contributed by atoms with Crippen LogP contribution in [0.3, 0.4) is 0 Å². The van der Waals surface area contributed by atoms with Crippen LogP contribution in [-0.2, 0) is 16.6 Å². The van der Waals surface area contributed by atoms with Crippen molar-refractivity contribution in [3.63, 3.8) is 0 Å². The van der Waals surface area contributed by atoms with Gasteiger partial charge in [0.1, 0.15) is 5.82 Å². The third kappa shape index (κ3) is 4.65. The number of sulfonamides is 1. The van der Waals surface area contributed by atoms with Crippen LogP contribution >= 0.6 is 11.6 Å². The van der Waals surface area contributed by atoms with Crippen molar-refractivity contribution in [3.05, 3.63) is 71.5 Å². The number of pyridine rings is 1. The van der Waals surface area contributed by atoms with E-state index in [1.807, 2.05) is 18.2 Å². The second kappa shape index (κ2) is 7.45. The van der Waals surface area contributed by atoms with Crippen LogP contribution in [0.5, 0.6) is 0 Å². The molecule has 25 heavy (non-hydrogen) atoms. The van der Waals surface area contributed by atoms with Crippen molar-refractivity contribution in [3.8, 4) is 0 Å². The highest BCUT2D eigenvalue weighted by Gasteiger charge is 2.15. The summed E-state index contributed by atoms with van der Waals surface area (Å²) in [6.07, 6.45) is 1.70. The fourth-order valence-electron chi connectivity index (χ4n) is 2.00. The summed E-state index contributed by atoms with van der Waals surface area (Å²) in [7, 11) is -3.77. The number of rotatable bonds is 6. The maximum Gasteiger partial charge on any atom is 0.263 e. The van der Waals surface area contributed by atoms with E-state index in [0.29, 0.717) is 17.4 Å². The number of aromatic nitrogens is 3. The Labute approximate surface area is 150 Å². The summed E-state index contributed by atoms with van der Waals surface area (Å²) >= 11 is 5.83. The van der Waals surface area contributed by atoms with E-state index in [1.165, 1.54) is 18.2 Å². The number of anilines is 2. The summed E-state index contributed by atoms with van der Waals surface area (Å²) in [5.41, 5.74) is 0.857. The van der Waals surface area contributed by atoms with Gasteiger partial charge in [0.2, 0.25) is 0 Å². The maximum absolute atomic E-state index is 12.3. The topological polar surface area (TPSA) is 96.9 Å². The molecule has 3 rings (SSSR count). The van der Waals surface area contributed by atoms with Gasteiger partial charge in [0.05, 0.1) is 17.1 Å². The third-order valence-corrected chi connectivity index (χ3v) is 4.77. The molecule has 2 aromatic heterocycles. The van der Waals surface area contributed by atoms with Crippen LogP contribution in [0, 0.1) is 0 Å². The molecule has 0 saturated carbocycles. The average molecular weight is 376 g/mol. The number of benzene rings is 1. The van der Waals surface area contributed by atoms with Gasteiger partial charge in [-0.05, 0) is 42.5 Å². The summed E-state index contributed by atoms with van der Waals surface area (Å²) < 4.78 is 26.9. The molecule has 0 atom stereocenters. The second-order valence-electron chi connectivity index (χ2n) is 5.04. The molecule has 2 N–H and O–H groups in total. The number of nitrogens with zero attached hydrogens (tertiary/aromatic N) is 3. The zero-order valence-electron chi connectivity index (χ0n) is 12.9. The molecule has 9 heteroatoms. The van der Waals surface area contributed by atoms with E-state index in [-0.39, 0.29) is 10.7 Å². The number of hydrogen-bond donors (Lipinski definition) is 2. The molecule has 0 saturated heterocycles. The lowest BCUT2D eigenvalue weighted by Crippen LogP contribution is -2.14. The van der Waals surface area contributed by atoms with Gasteiger partial charge < -0.3 is 5.32 Å². The van der Waals surface area contributed by atoms with Crippen LogP contribution in [0.25, 0.3) is 0 Å². The predicted octanol–water partition coefficient (Wildman–Crippen LogP) is 2.94. The van der Waals surface area contributed by atoms with Crippen molar-refractivity contribution in [2.75, 3.05) is 10.0 Å². The molecular formula is C16H14ClN5O2S. The van der Waals surface area contributed by atoms with Gasteiger partial charge in [-0.15, -0.1) is 10.2 Å². The lowest BCUT2D eigenvalue weighted by molar-refractivity contribution is 0.601. The minimum Gasteiger partial charge on any atom is -0.363 e. The Morgan fingerprint density at radius 2 is 1.76 bits per heavy atom. The van der Waals surface area contributed by atoms with Crippen molar-refractivity contribution in [1.29, 1.82) is 0 Å². The van der Waals surface area contributed by atoms with E-state index in [1.54, 1.807) is 24.4 Å². The largest absolute Gasteiger partial charge is 0.363 e. The maximum atomic E-state index is 12.3. The zero-order valence-corrected chi connectivity index (χ0v) is 14.5. The summed E-state index contributed by atoms with van der Waals surface area (Å²) in [6.45, 7) is 0.489. The van der Waals surface area contributed by atoms with Crippen molar-refractivity contribution in [2.45, 2.75) is 11.4 Å². The average Bonchev–Trinajstić information content (AvgIpc) is 2.62. The SMILES string of the molecule is O=S(=O)(Nc1ccc(NCc2ccccn2)nn1)c1cccc(Cl)c1. The Morgan fingerprint density at radius 3 is 2.44 bits per heavy atom. The van der Waals surface area contributed by atoms with Crippen molar-refractivity contribution < 1.29 is 8.42 Å². The summed E-state index contributed by atoms with van der Waals surface area (Å²) in [5, 5.41) is 11.2. The quantitative estimate of drug-likeness (QED) is 0.687. The standard InChI is InChI=1S/C16H14ClN5O2S/c17-12-4-3-6-14(10-12)25(23,24)22-16-8-7-15(20-21-16)19-11-13-5-1-2-9-18-13/h1-10H,11H2,(H,19,20)(H,21,22). The fraction of sp³-hybridized carbons (Fsp3) is 0.0625. The van der Waals surface area contributed by atoms with Gasteiger partial charge in [-0.3, -0.25) is 9.71 Å². The molecule has 0 spiro atoms. The minimum absolute atomic E-state index is 0.0548. The van der Waals surface area contributed by atoms with Crippen LogP contribution in [0.2, 0.25) is 5.02 Å². The van der Waals surface area contributed by atoms with E-state index in [9.17, 15) is 8.42 Å². The Kier molecular flexibility index (Phi) is 5.11. The van der Waals surface area contributed by atoms with E-state index in [2.05, 4.69) is 25.2 Å². The highest BCUT2D eigenvalue weighted by molar-refractivity contribution is 7.92. The van der Waals surface area contributed by atoms with E-state index in [4.69, 9.17) is 11.6 Å². The Morgan fingerprint density at radius 1 is 0.960 bits per heavy atom. The molecule has 0 radical (unpaired) electrons. The van der Waals surface area contributed by atoms with Crippen molar-refractivity contribution in [2.24, 2.45) is 0 Å². The fourth-order valence-corrected chi connectivity index (χ4v) is 3.29. The van der Waals surface area contributed by atoms with Gasteiger partial charge >= 0.3 is 0 Å². The molecule has 0 aliphatic heterocycles. The first-order valence-electron chi connectivity index (χ1n) is 7.29. The van der Waals surface area contributed by atoms with Crippen LogP contribution in [-0.4, -0.2) is 23.6 Å². The third-order valence-electron chi connectivity index (χ3n) is 3.19. The van der Waals surface area contributed by atoms with Crippen LogP contribution in [0.4, 0.5) is 11.6 Å².